The number of aryl methyl sites for hydroxylation is 1. The number of hydrogen-bond acceptors (Lipinski definition) is 6. The normalized spacial score (nSPS) is 18.7. The zero-order valence-electron chi connectivity index (χ0n) is 17.6. The predicted octanol–water partition coefficient (Wildman–Crippen LogP) is 3.84. The van der Waals surface area contributed by atoms with Crippen molar-refractivity contribution in [3.8, 4) is 0 Å². The van der Waals surface area contributed by atoms with Crippen LogP contribution in [0.4, 0.5) is 5.82 Å². The van der Waals surface area contributed by atoms with Crippen LogP contribution in [-0.2, 0) is 16.9 Å². The van der Waals surface area contributed by atoms with E-state index in [1.54, 1.807) is 11.8 Å². The Morgan fingerprint density at radius 1 is 1.23 bits per heavy atom. The molecule has 6 nitrogen and oxygen atoms in total. The van der Waals surface area contributed by atoms with E-state index in [4.69, 9.17) is 14.7 Å². The highest BCUT2D eigenvalue weighted by Crippen LogP contribution is 2.25. The molecule has 1 aromatic carbocycles. The van der Waals surface area contributed by atoms with Crippen LogP contribution in [0, 0.1) is 0 Å². The van der Waals surface area contributed by atoms with Gasteiger partial charge in [-0.1, -0.05) is 30.8 Å². The number of thioether (sulfide) groups is 1. The minimum absolute atomic E-state index is 0.0436. The summed E-state index contributed by atoms with van der Waals surface area (Å²) in [6.07, 6.45) is 5.62. The molecule has 1 atom stereocenters. The molecule has 2 aliphatic heterocycles. The molecule has 2 aromatic rings. The summed E-state index contributed by atoms with van der Waals surface area (Å²) in [4.78, 5) is 24.3. The Hall–Kier alpha value is -2.12. The zero-order valence-corrected chi connectivity index (χ0v) is 18.4. The fraction of sp³-hybridized carbons (Fsp3) is 0.522. The van der Waals surface area contributed by atoms with Crippen molar-refractivity contribution in [1.29, 1.82) is 0 Å². The second-order valence-corrected chi connectivity index (χ2v) is 8.82. The molecule has 1 unspecified atom stereocenters. The van der Waals surface area contributed by atoms with Crippen LogP contribution in [0.25, 0.3) is 0 Å². The van der Waals surface area contributed by atoms with Crippen LogP contribution < -0.4 is 10.2 Å². The average Bonchev–Trinajstić information content (AvgIpc) is 3.50. The third kappa shape index (κ3) is 5.52. The van der Waals surface area contributed by atoms with Gasteiger partial charge in [-0.25, -0.2) is 9.97 Å². The molecule has 2 aliphatic rings. The molecule has 0 bridgehead atoms. The lowest BCUT2D eigenvalue weighted by Crippen LogP contribution is -2.31. The van der Waals surface area contributed by atoms with Crippen LogP contribution in [0.1, 0.15) is 54.2 Å². The van der Waals surface area contributed by atoms with Gasteiger partial charge in [0, 0.05) is 49.3 Å². The van der Waals surface area contributed by atoms with Gasteiger partial charge in [0.15, 0.2) is 5.16 Å². The maximum Gasteiger partial charge on any atom is 0.251 e. The summed E-state index contributed by atoms with van der Waals surface area (Å²) >= 11 is 1.63. The van der Waals surface area contributed by atoms with Crippen molar-refractivity contribution in [3.05, 3.63) is 47.2 Å². The first-order valence-electron chi connectivity index (χ1n) is 11.0. The van der Waals surface area contributed by atoms with E-state index < -0.39 is 0 Å². The second-order valence-electron chi connectivity index (χ2n) is 7.88. The largest absolute Gasteiger partial charge is 0.376 e. The van der Waals surface area contributed by atoms with Crippen LogP contribution in [-0.4, -0.2) is 48.2 Å². The first-order chi connectivity index (χ1) is 14.7. The van der Waals surface area contributed by atoms with Crippen molar-refractivity contribution in [2.24, 2.45) is 0 Å². The van der Waals surface area contributed by atoms with E-state index in [-0.39, 0.29) is 12.0 Å². The summed E-state index contributed by atoms with van der Waals surface area (Å²) in [7, 11) is 0. The van der Waals surface area contributed by atoms with Crippen molar-refractivity contribution in [2.75, 3.05) is 31.1 Å². The monoisotopic (exact) mass is 426 g/mol. The second kappa shape index (κ2) is 10.3. The first kappa shape index (κ1) is 21.1. The fourth-order valence-electron chi connectivity index (χ4n) is 3.88. The quantitative estimate of drug-likeness (QED) is 0.511. The molecule has 160 valence electrons. The highest BCUT2D eigenvalue weighted by Gasteiger charge is 2.18. The standard InChI is InChI=1S/C23H30N4O2S/c1-2-19-14-21(27-10-3-4-11-27)26-23(25-19)30-16-17-7-5-8-18(13-17)22(28)24-15-20-9-6-12-29-20/h5,7-8,13-14,20H,2-4,6,9-12,15-16H2,1H3,(H,24,28). The molecule has 0 aliphatic carbocycles. The molecule has 4 rings (SSSR count). The van der Waals surface area contributed by atoms with Gasteiger partial charge in [-0.05, 0) is 49.8 Å². The van der Waals surface area contributed by atoms with E-state index >= 15 is 0 Å². The van der Waals surface area contributed by atoms with E-state index in [0.29, 0.717) is 12.1 Å². The van der Waals surface area contributed by atoms with Crippen LogP contribution in [0.3, 0.4) is 0 Å². The summed E-state index contributed by atoms with van der Waals surface area (Å²) < 4.78 is 5.58. The Morgan fingerprint density at radius 2 is 2.10 bits per heavy atom. The molecule has 7 heteroatoms. The number of hydrogen-bond donors (Lipinski definition) is 1. The first-order valence-corrected chi connectivity index (χ1v) is 11.9. The van der Waals surface area contributed by atoms with Crippen molar-refractivity contribution >= 4 is 23.5 Å². The molecular formula is C23H30N4O2S. The van der Waals surface area contributed by atoms with Crippen molar-refractivity contribution in [2.45, 2.75) is 56.0 Å². The topological polar surface area (TPSA) is 67.4 Å². The van der Waals surface area contributed by atoms with Gasteiger partial charge in [0.05, 0.1) is 6.10 Å². The smallest absolute Gasteiger partial charge is 0.251 e. The van der Waals surface area contributed by atoms with Gasteiger partial charge >= 0.3 is 0 Å². The molecule has 1 amide bonds. The van der Waals surface area contributed by atoms with E-state index in [0.717, 1.165) is 66.9 Å². The molecule has 30 heavy (non-hydrogen) atoms. The Labute approximate surface area is 182 Å². The molecule has 0 saturated carbocycles. The lowest BCUT2D eigenvalue weighted by Gasteiger charge is -2.17. The summed E-state index contributed by atoms with van der Waals surface area (Å²) in [5.41, 5.74) is 2.86. The Bertz CT molecular complexity index is 864. The number of carbonyl (C=O) groups excluding carboxylic acids is 1. The van der Waals surface area contributed by atoms with Crippen LogP contribution in [0.15, 0.2) is 35.5 Å². The molecule has 2 saturated heterocycles. The lowest BCUT2D eigenvalue weighted by molar-refractivity contribution is 0.0857. The molecular weight excluding hydrogens is 396 g/mol. The van der Waals surface area contributed by atoms with Gasteiger partial charge in [-0.3, -0.25) is 4.79 Å². The highest BCUT2D eigenvalue weighted by atomic mass is 32.2. The van der Waals surface area contributed by atoms with Gasteiger partial charge in [0.25, 0.3) is 5.91 Å². The third-order valence-electron chi connectivity index (χ3n) is 5.61. The van der Waals surface area contributed by atoms with Crippen molar-refractivity contribution in [3.63, 3.8) is 0 Å². The summed E-state index contributed by atoms with van der Waals surface area (Å²) in [6.45, 7) is 5.66. The number of nitrogens with one attached hydrogen (secondary N) is 1. The van der Waals surface area contributed by atoms with Crippen molar-refractivity contribution < 1.29 is 9.53 Å². The summed E-state index contributed by atoms with van der Waals surface area (Å²) in [5, 5.41) is 3.80. The predicted molar refractivity (Wildman–Crippen MR) is 120 cm³/mol. The maximum absolute atomic E-state index is 12.5. The molecule has 3 heterocycles. The van der Waals surface area contributed by atoms with E-state index in [1.165, 1.54) is 12.8 Å². The summed E-state index contributed by atoms with van der Waals surface area (Å²) in [5.74, 6) is 1.74. The van der Waals surface area contributed by atoms with Crippen LogP contribution in [0.5, 0.6) is 0 Å². The Balaban J connectivity index is 1.38. The maximum atomic E-state index is 12.5. The van der Waals surface area contributed by atoms with Gasteiger partial charge in [0.1, 0.15) is 5.82 Å². The Kier molecular flexibility index (Phi) is 7.23. The van der Waals surface area contributed by atoms with Gasteiger partial charge < -0.3 is 15.0 Å². The molecule has 0 radical (unpaired) electrons. The number of ether oxygens (including phenoxy) is 1. The number of aromatic nitrogens is 2. The molecule has 1 aromatic heterocycles. The number of carbonyl (C=O) groups is 1. The van der Waals surface area contributed by atoms with Gasteiger partial charge in [-0.2, -0.15) is 0 Å². The SMILES string of the molecule is CCc1cc(N2CCCC2)nc(SCc2cccc(C(=O)NCC3CCCO3)c2)n1. The number of anilines is 1. The Morgan fingerprint density at radius 3 is 2.87 bits per heavy atom. The number of nitrogens with zero attached hydrogens (tertiary/aromatic N) is 3. The number of benzene rings is 1. The van der Waals surface area contributed by atoms with E-state index in [9.17, 15) is 4.79 Å². The van der Waals surface area contributed by atoms with E-state index in [2.05, 4.69) is 29.3 Å². The minimum atomic E-state index is -0.0436. The van der Waals surface area contributed by atoms with Gasteiger partial charge in [-0.15, -0.1) is 0 Å². The molecule has 0 spiro atoms. The molecule has 1 N–H and O–H groups in total. The average molecular weight is 427 g/mol. The van der Waals surface area contributed by atoms with Gasteiger partial charge in [0.2, 0.25) is 0 Å². The summed E-state index contributed by atoms with van der Waals surface area (Å²) in [6, 6.07) is 9.93. The third-order valence-corrected chi connectivity index (χ3v) is 6.53. The molecule has 2 fully saturated rings. The van der Waals surface area contributed by atoms with E-state index in [1.807, 2.05) is 18.2 Å². The highest BCUT2D eigenvalue weighted by molar-refractivity contribution is 7.98. The number of amides is 1. The number of rotatable bonds is 8. The zero-order chi connectivity index (χ0) is 20.8. The van der Waals surface area contributed by atoms with Crippen LogP contribution in [0.2, 0.25) is 0 Å². The van der Waals surface area contributed by atoms with Crippen molar-refractivity contribution in [1.82, 2.24) is 15.3 Å². The fourth-order valence-corrected chi connectivity index (χ4v) is 4.69. The lowest BCUT2D eigenvalue weighted by atomic mass is 10.1. The van der Waals surface area contributed by atoms with Crippen LogP contribution >= 0.6 is 11.8 Å². The minimum Gasteiger partial charge on any atom is -0.376 e.